The fourth-order valence-electron chi connectivity index (χ4n) is 6.76. The Kier molecular flexibility index (Phi) is 6.84. The Morgan fingerprint density at radius 1 is 0.878 bits per heavy atom. The van der Waals surface area contributed by atoms with Crippen molar-refractivity contribution in [3.8, 4) is 11.3 Å². The normalized spacial score (nSPS) is 20.6. The van der Waals surface area contributed by atoms with Crippen molar-refractivity contribution in [1.82, 2.24) is 34.1 Å². The number of nitrogen functional groups attached to an aromatic ring is 1. The van der Waals surface area contributed by atoms with Crippen molar-refractivity contribution in [2.75, 3.05) is 44.3 Å². The van der Waals surface area contributed by atoms with Gasteiger partial charge >= 0.3 is 0 Å². The highest BCUT2D eigenvalue weighted by atomic mass is 15.3. The van der Waals surface area contributed by atoms with Gasteiger partial charge in [0, 0.05) is 61.7 Å². The lowest BCUT2D eigenvalue weighted by Crippen LogP contribution is -2.49. The quantitative estimate of drug-likeness (QED) is 0.311. The molecule has 0 spiro atoms. The predicted molar refractivity (Wildman–Crippen MR) is 166 cm³/mol. The Hall–Kier alpha value is -3.95. The maximum Gasteiger partial charge on any atom is 0.164 e. The monoisotopic (exact) mass is 549 g/mol. The number of piperazine rings is 1. The van der Waals surface area contributed by atoms with E-state index < -0.39 is 0 Å². The highest BCUT2D eigenvalue weighted by Gasteiger charge is 2.30. The smallest absolute Gasteiger partial charge is 0.164 e. The van der Waals surface area contributed by atoms with Crippen LogP contribution >= 0.6 is 0 Å². The Balaban J connectivity index is 1.09. The number of likely N-dealkylation sites (N-methyl/N-ethyl adjacent to an activating group) is 1. The van der Waals surface area contributed by atoms with Crippen molar-refractivity contribution >= 4 is 33.4 Å². The van der Waals surface area contributed by atoms with Crippen molar-refractivity contribution in [2.45, 2.75) is 44.3 Å². The maximum atomic E-state index is 6.43. The SMILES string of the molecule is CN1CCN(C2CCC(n3nc(-c4ccc(NCc5cc6ccccc6n5C)cc4)c4c(N)ncnc43)CC2)CC1. The summed E-state index contributed by atoms with van der Waals surface area (Å²) in [5.41, 5.74) is 12.7. The van der Waals surface area contributed by atoms with Crippen LogP contribution in [0.15, 0.2) is 60.9 Å². The Bertz CT molecular complexity index is 1650. The molecule has 2 fully saturated rings. The highest BCUT2D eigenvalue weighted by molar-refractivity contribution is 5.98. The van der Waals surface area contributed by atoms with Crippen LogP contribution in [0.25, 0.3) is 33.2 Å². The molecule has 4 heterocycles. The molecule has 1 aliphatic carbocycles. The summed E-state index contributed by atoms with van der Waals surface area (Å²) >= 11 is 0. The van der Waals surface area contributed by atoms with Crippen molar-refractivity contribution in [1.29, 1.82) is 0 Å². The number of nitrogens with one attached hydrogen (secondary N) is 1. The molecular formula is C32H39N9. The molecule has 5 aromatic rings. The zero-order chi connectivity index (χ0) is 27.9. The number of fused-ring (bicyclic) bond motifs is 2. The second kappa shape index (κ2) is 10.8. The van der Waals surface area contributed by atoms with Gasteiger partial charge in [0.2, 0.25) is 0 Å². The second-order valence-corrected chi connectivity index (χ2v) is 11.7. The van der Waals surface area contributed by atoms with Gasteiger partial charge in [0.25, 0.3) is 0 Å². The summed E-state index contributed by atoms with van der Waals surface area (Å²) in [6, 6.07) is 20.2. The number of rotatable bonds is 6. The van der Waals surface area contributed by atoms with Crippen LogP contribution in [0, 0.1) is 0 Å². The topological polar surface area (TPSA) is 93.1 Å². The summed E-state index contributed by atoms with van der Waals surface area (Å²) in [7, 11) is 4.34. The third kappa shape index (κ3) is 4.93. The average Bonchev–Trinajstić information content (AvgIpc) is 3.56. The van der Waals surface area contributed by atoms with Gasteiger partial charge in [-0.3, -0.25) is 4.90 Å². The van der Waals surface area contributed by atoms with Gasteiger partial charge in [-0.25, -0.2) is 14.6 Å². The van der Waals surface area contributed by atoms with E-state index in [1.807, 2.05) is 0 Å². The van der Waals surface area contributed by atoms with Crippen LogP contribution in [-0.4, -0.2) is 73.4 Å². The molecule has 9 heteroatoms. The molecule has 1 saturated carbocycles. The Morgan fingerprint density at radius 2 is 1.61 bits per heavy atom. The first-order valence-corrected chi connectivity index (χ1v) is 14.8. The molecule has 41 heavy (non-hydrogen) atoms. The maximum absolute atomic E-state index is 6.43. The minimum Gasteiger partial charge on any atom is -0.383 e. The number of benzene rings is 2. The van der Waals surface area contributed by atoms with Gasteiger partial charge in [-0.1, -0.05) is 30.3 Å². The Morgan fingerprint density at radius 3 is 2.37 bits per heavy atom. The van der Waals surface area contributed by atoms with Crippen LogP contribution < -0.4 is 11.1 Å². The summed E-state index contributed by atoms with van der Waals surface area (Å²) in [5.74, 6) is 0.486. The minimum atomic E-state index is 0.325. The number of aryl methyl sites for hydroxylation is 1. The molecule has 9 nitrogen and oxygen atoms in total. The molecule has 3 aromatic heterocycles. The molecule has 2 aliphatic rings. The van der Waals surface area contributed by atoms with Gasteiger partial charge in [-0.2, -0.15) is 5.10 Å². The third-order valence-electron chi connectivity index (χ3n) is 9.27. The fraction of sp³-hybridized carbons (Fsp3) is 0.406. The van der Waals surface area contributed by atoms with E-state index in [-0.39, 0.29) is 0 Å². The number of nitrogens with two attached hydrogens (primary N) is 1. The van der Waals surface area contributed by atoms with Crippen LogP contribution in [0.2, 0.25) is 0 Å². The summed E-state index contributed by atoms with van der Waals surface area (Å²) in [5, 5.41) is 10.8. The van der Waals surface area contributed by atoms with Crippen LogP contribution in [-0.2, 0) is 13.6 Å². The van der Waals surface area contributed by atoms with Gasteiger partial charge in [0.15, 0.2) is 5.65 Å². The standard InChI is InChI=1S/C32H39N9/c1-38-15-17-40(18-16-38)25-11-13-26(14-12-25)41-32-29(31(33)35-21-36-32)30(37-41)22-7-9-24(10-8-22)34-20-27-19-23-5-3-4-6-28(23)39(27)2/h3-10,19,21,25-26,34H,11-18,20H2,1-2H3,(H2,33,35,36). The van der Waals surface area contributed by atoms with Gasteiger partial charge in [0.1, 0.15) is 17.8 Å². The van der Waals surface area contributed by atoms with Crippen LogP contribution in [0.3, 0.4) is 0 Å². The number of hydrogen-bond donors (Lipinski definition) is 2. The van der Waals surface area contributed by atoms with E-state index >= 15 is 0 Å². The van der Waals surface area contributed by atoms with Crippen molar-refractivity contribution in [2.24, 2.45) is 7.05 Å². The summed E-state index contributed by atoms with van der Waals surface area (Å²) in [6.45, 7) is 5.44. The number of para-hydroxylation sites is 1. The lowest BCUT2D eigenvalue weighted by molar-refractivity contribution is 0.0815. The summed E-state index contributed by atoms with van der Waals surface area (Å²) in [4.78, 5) is 14.1. The molecule has 0 amide bonds. The molecule has 1 saturated heterocycles. The van der Waals surface area contributed by atoms with Crippen molar-refractivity contribution in [3.05, 3.63) is 66.6 Å². The van der Waals surface area contributed by atoms with E-state index in [1.54, 1.807) is 6.33 Å². The molecular weight excluding hydrogens is 510 g/mol. The lowest BCUT2D eigenvalue weighted by atomic mass is 9.90. The molecule has 2 aromatic carbocycles. The molecule has 0 unspecified atom stereocenters. The van der Waals surface area contributed by atoms with Gasteiger partial charge < -0.3 is 20.5 Å². The molecule has 0 radical (unpaired) electrons. The van der Waals surface area contributed by atoms with E-state index in [2.05, 4.69) is 103 Å². The van der Waals surface area contributed by atoms with Crippen LogP contribution in [0.1, 0.15) is 37.4 Å². The molecule has 3 N–H and O–H groups in total. The predicted octanol–water partition coefficient (Wildman–Crippen LogP) is 4.91. The number of nitrogens with zero attached hydrogens (tertiary/aromatic N) is 7. The highest BCUT2D eigenvalue weighted by Crippen LogP contribution is 2.37. The van der Waals surface area contributed by atoms with Crippen LogP contribution in [0.5, 0.6) is 0 Å². The number of hydrogen-bond acceptors (Lipinski definition) is 7. The van der Waals surface area contributed by atoms with Crippen LogP contribution in [0.4, 0.5) is 11.5 Å². The molecule has 1 aliphatic heterocycles. The zero-order valence-electron chi connectivity index (χ0n) is 24.0. The molecule has 212 valence electrons. The molecule has 7 rings (SSSR count). The first-order valence-electron chi connectivity index (χ1n) is 14.8. The van der Waals surface area contributed by atoms with Crippen molar-refractivity contribution in [3.63, 3.8) is 0 Å². The second-order valence-electron chi connectivity index (χ2n) is 11.7. The van der Waals surface area contributed by atoms with Gasteiger partial charge in [0.05, 0.1) is 18.0 Å². The first kappa shape index (κ1) is 26.0. The van der Waals surface area contributed by atoms with Crippen molar-refractivity contribution < 1.29 is 0 Å². The van der Waals surface area contributed by atoms with Gasteiger partial charge in [-0.05, 0) is 62.4 Å². The van der Waals surface area contributed by atoms with E-state index in [0.29, 0.717) is 17.9 Å². The van der Waals surface area contributed by atoms with Gasteiger partial charge in [-0.15, -0.1) is 0 Å². The Labute approximate surface area is 241 Å². The average molecular weight is 550 g/mol. The van der Waals surface area contributed by atoms with E-state index in [4.69, 9.17) is 10.8 Å². The fourth-order valence-corrected chi connectivity index (χ4v) is 6.76. The zero-order valence-corrected chi connectivity index (χ0v) is 24.0. The summed E-state index contributed by atoms with van der Waals surface area (Å²) in [6.07, 6.45) is 6.17. The molecule has 0 bridgehead atoms. The largest absolute Gasteiger partial charge is 0.383 e. The third-order valence-corrected chi connectivity index (χ3v) is 9.27. The first-order chi connectivity index (χ1) is 20.0. The molecule has 0 atom stereocenters. The minimum absolute atomic E-state index is 0.325. The summed E-state index contributed by atoms with van der Waals surface area (Å²) < 4.78 is 4.38. The number of anilines is 2. The lowest BCUT2D eigenvalue weighted by Gasteiger charge is -2.41. The number of aromatic nitrogens is 5. The van der Waals surface area contributed by atoms with E-state index in [1.165, 1.54) is 55.6 Å². The van der Waals surface area contributed by atoms with E-state index in [9.17, 15) is 0 Å². The van der Waals surface area contributed by atoms with E-state index in [0.717, 1.165) is 47.4 Å².